The highest BCUT2D eigenvalue weighted by atomic mass is 35.5. The molecule has 3 fully saturated rings. The summed E-state index contributed by atoms with van der Waals surface area (Å²) < 4.78 is 40.9. The van der Waals surface area contributed by atoms with Crippen LogP contribution in [-0.2, 0) is 17.8 Å². The molecule has 0 aliphatic carbocycles. The van der Waals surface area contributed by atoms with E-state index in [0.29, 0.717) is 69.3 Å². The van der Waals surface area contributed by atoms with E-state index in [-0.39, 0.29) is 34.4 Å². The number of benzene rings is 2. The van der Waals surface area contributed by atoms with Gasteiger partial charge in [-0.25, -0.2) is 8.78 Å². The Balaban J connectivity index is 1.06. The maximum Gasteiger partial charge on any atom is 0.318 e. The number of anilines is 2. The number of hydrogen-bond donors (Lipinski definition) is 0. The number of carbonyl (C=O) groups is 1. The minimum Gasteiger partial charge on any atom is -0.461 e. The van der Waals surface area contributed by atoms with Crippen LogP contribution in [0.3, 0.4) is 0 Å². The van der Waals surface area contributed by atoms with Crippen molar-refractivity contribution >= 4 is 45.9 Å². The monoisotopic (exact) mass is 732 g/mol. The Hall–Kier alpha value is -4.36. The van der Waals surface area contributed by atoms with Gasteiger partial charge in [0, 0.05) is 80.4 Å². The highest BCUT2D eigenvalue weighted by molar-refractivity contribution is 6.36. The first kappa shape index (κ1) is 34.7. The molecule has 3 atom stereocenters. The van der Waals surface area contributed by atoms with E-state index in [2.05, 4.69) is 24.8 Å². The van der Waals surface area contributed by atoms with E-state index < -0.39 is 12.0 Å². The number of aromatic nitrogens is 4. The average Bonchev–Trinajstić information content (AvgIpc) is 3.95. The van der Waals surface area contributed by atoms with Crippen molar-refractivity contribution in [1.82, 2.24) is 29.9 Å². The van der Waals surface area contributed by atoms with E-state index >= 15 is 0 Å². The maximum atomic E-state index is 14.7. The first-order valence-corrected chi connectivity index (χ1v) is 18.5. The molecule has 0 unspecified atom stereocenters. The summed E-state index contributed by atoms with van der Waals surface area (Å²) in [7, 11) is 2.01. The van der Waals surface area contributed by atoms with Crippen LogP contribution in [0.15, 0.2) is 40.9 Å². The Morgan fingerprint density at radius 1 is 1.17 bits per heavy atom. The zero-order valence-corrected chi connectivity index (χ0v) is 30.5. The largest absolute Gasteiger partial charge is 0.461 e. The second-order valence-corrected chi connectivity index (χ2v) is 15.2. The van der Waals surface area contributed by atoms with Crippen LogP contribution in [0.4, 0.5) is 20.3 Å². The van der Waals surface area contributed by atoms with E-state index in [9.17, 15) is 13.6 Å². The number of carbonyl (C=O) groups excluding carboxylic acids is 1. The molecular formula is C38H43ClF2N8O3. The van der Waals surface area contributed by atoms with Crippen LogP contribution in [0.1, 0.15) is 68.4 Å². The van der Waals surface area contributed by atoms with E-state index in [0.717, 1.165) is 54.0 Å². The summed E-state index contributed by atoms with van der Waals surface area (Å²) in [5, 5.41) is 5.59. The zero-order chi connectivity index (χ0) is 36.1. The normalized spacial score (nSPS) is 23.3. The Morgan fingerprint density at radius 2 is 2.04 bits per heavy atom. The fourth-order valence-electron chi connectivity index (χ4n) is 8.38. The number of fused-ring (bicyclic) bond motifs is 3. The molecular weight excluding hydrogens is 690 g/mol. The molecule has 52 heavy (non-hydrogen) atoms. The lowest BCUT2D eigenvalue weighted by Gasteiger charge is -2.35. The summed E-state index contributed by atoms with van der Waals surface area (Å²) in [6, 6.07) is 9.24. The van der Waals surface area contributed by atoms with Crippen LogP contribution in [-0.4, -0.2) is 99.9 Å². The molecule has 11 nitrogen and oxygen atoms in total. The predicted molar refractivity (Wildman–Crippen MR) is 195 cm³/mol. The Kier molecular flexibility index (Phi) is 9.27. The number of hydrogen-bond acceptors (Lipinski definition) is 10. The Morgan fingerprint density at radius 3 is 2.87 bits per heavy atom. The van der Waals surface area contributed by atoms with Crippen molar-refractivity contribution in [3.8, 4) is 6.01 Å². The fraction of sp³-hybridized carbons (Fsp3) is 0.500. The van der Waals surface area contributed by atoms with Crippen LogP contribution in [0.5, 0.6) is 6.01 Å². The van der Waals surface area contributed by atoms with E-state index in [1.165, 1.54) is 12.1 Å². The summed E-state index contributed by atoms with van der Waals surface area (Å²) in [4.78, 5) is 35.8. The molecule has 4 aliphatic heterocycles. The lowest BCUT2D eigenvalue weighted by atomic mass is 9.95. The third kappa shape index (κ3) is 6.46. The average molecular weight is 733 g/mol. The van der Waals surface area contributed by atoms with E-state index in [1.807, 2.05) is 44.0 Å². The number of rotatable bonds is 9. The molecule has 2 aromatic heterocycles. The van der Waals surface area contributed by atoms with Crippen molar-refractivity contribution in [1.29, 1.82) is 0 Å². The second-order valence-electron chi connectivity index (χ2n) is 14.8. The van der Waals surface area contributed by atoms with Gasteiger partial charge in [-0.1, -0.05) is 48.8 Å². The highest BCUT2D eigenvalue weighted by Gasteiger charge is 2.49. The van der Waals surface area contributed by atoms with Crippen molar-refractivity contribution in [2.75, 3.05) is 56.2 Å². The van der Waals surface area contributed by atoms with Gasteiger partial charge in [0.05, 0.1) is 22.8 Å². The number of ether oxygens (including phenoxy) is 1. The second kappa shape index (κ2) is 13.9. The number of nitrogens with zero attached hydrogens (tertiary/aromatic N) is 8. The minimum absolute atomic E-state index is 0.00377. The van der Waals surface area contributed by atoms with Gasteiger partial charge < -0.3 is 24.0 Å². The zero-order valence-electron chi connectivity index (χ0n) is 29.7. The summed E-state index contributed by atoms with van der Waals surface area (Å²) in [6.45, 7) is 7.76. The molecule has 1 amide bonds. The summed E-state index contributed by atoms with van der Waals surface area (Å²) in [6.07, 6.45) is 5.91. The van der Waals surface area contributed by atoms with Crippen molar-refractivity contribution in [2.45, 2.75) is 76.2 Å². The van der Waals surface area contributed by atoms with Crippen LogP contribution in [0.2, 0.25) is 5.02 Å². The molecule has 6 heterocycles. The molecule has 0 radical (unpaired) electrons. The van der Waals surface area contributed by atoms with Crippen LogP contribution in [0, 0.1) is 5.82 Å². The molecule has 2 aromatic carbocycles. The first-order chi connectivity index (χ1) is 25.1. The van der Waals surface area contributed by atoms with Crippen molar-refractivity contribution < 1.29 is 22.8 Å². The maximum absolute atomic E-state index is 14.7. The quantitative estimate of drug-likeness (QED) is 0.185. The Bertz CT molecular complexity index is 2030. The third-order valence-electron chi connectivity index (χ3n) is 11.2. The van der Waals surface area contributed by atoms with Gasteiger partial charge in [-0.3, -0.25) is 9.69 Å². The van der Waals surface area contributed by atoms with Crippen molar-refractivity contribution in [3.05, 3.63) is 70.2 Å². The Labute approximate surface area is 306 Å². The summed E-state index contributed by atoms with van der Waals surface area (Å²) in [5.41, 5.74) is 2.31. The van der Waals surface area contributed by atoms with E-state index in [4.69, 9.17) is 30.8 Å². The third-order valence-corrected chi connectivity index (χ3v) is 11.6. The van der Waals surface area contributed by atoms with Gasteiger partial charge in [-0.05, 0) is 49.7 Å². The predicted octanol–water partition coefficient (Wildman–Crippen LogP) is 6.20. The van der Waals surface area contributed by atoms with Crippen LogP contribution < -0.4 is 14.5 Å². The molecule has 4 aromatic rings. The lowest BCUT2D eigenvalue weighted by Crippen LogP contribution is -2.44. The van der Waals surface area contributed by atoms with Crippen LogP contribution in [0.25, 0.3) is 16.8 Å². The minimum atomic E-state index is -0.867. The molecule has 0 spiro atoms. The van der Waals surface area contributed by atoms with Gasteiger partial charge in [0.15, 0.2) is 5.82 Å². The summed E-state index contributed by atoms with van der Waals surface area (Å²) in [5.74, 6) is 1.20. The van der Waals surface area contributed by atoms with Gasteiger partial charge in [-0.15, -0.1) is 0 Å². The molecule has 3 saturated heterocycles. The standard InChI is InChI=1S/C38H43ClF2N8O3/c1-23(2)35-43-31(52-45-35)10-11-32(50)48-16-12-26(20-48)46(3)36-27-13-17-47(30-7-4-6-24-8-9-28(41)34(39)33(24)30)21-29(27)42-37(44-36)51-22-38-14-5-15-49(38)19-25(40)18-38/h4,6-11,23,25-26H,5,12-22H2,1-3H3/b11-10+/t25-,26-,38+/m1/s1. The number of halogens is 3. The van der Waals surface area contributed by atoms with Crippen molar-refractivity contribution in [2.24, 2.45) is 0 Å². The topological polar surface area (TPSA) is 104 Å². The molecule has 274 valence electrons. The van der Waals surface area contributed by atoms with Gasteiger partial charge in [0.2, 0.25) is 5.91 Å². The number of amides is 1. The van der Waals surface area contributed by atoms with Crippen LogP contribution >= 0.6 is 11.6 Å². The molecule has 0 bridgehead atoms. The molecule has 14 heteroatoms. The SMILES string of the molecule is CC(C)c1noc(/C=C/C(=O)N2CC[C@@H](N(C)c3nc(OC[C@@]45CCCN4C[C@H](F)C5)nc4c3CCN(c3cccc5ccc(F)c(Cl)c35)C4)C2)n1. The first-order valence-electron chi connectivity index (χ1n) is 18.2. The van der Waals surface area contributed by atoms with E-state index in [1.54, 1.807) is 12.1 Å². The number of alkyl halides is 1. The smallest absolute Gasteiger partial charge is 0.318 e. The van der Waals surface area contributed by atoms with Crippen molar-refractivity contribution in [3.63, 3.8) is 0 Å². The molecule has 0 N–H and O–H groups in total. The van der Waals surface area contributed by atoms with Gasteiger partial charge >= 0.3 is 6.01 Å². The van der Waals surface area contributed by atoms with Gasteiger partial charge in [-0.2, -0.15) is 15.0 Å². The number of likely N-dealkylation sites (tertiary alicyclic amines) is 1. The number of likely N-dealkylation sites (N-methyl/N-ethyl adjacent to an activating group) is 1. The summed E-state index contributed by atoms with van der Waals surface area (Å²) >= 11 is 6.54. The molecule has 0 saturated carbocycles. The van der Waals surface area contributed by atoms with Gasteiger partial charge in [0.1, 0.15) is 24.4 Å². The highest BCUT2D eigenvalue weighted by Crippen LogP contribution is 2.41. The molecule has 8 rings (SSSR count). The fourth-order valence-corrected chi connectivity index (χ4v) is 8.65. The lowest BCUT2D eigenvalue weighted by molar-refractivity contribution is -0.124. The van der Waals surface area contributed by atoms with Gasteiger partial charge in [0.25, 0.3) is 5.89 Å². The molecule has 4 aliphatic rings.